The quantitative estimate of drug-likeness (QED) is 0.694. The van der Waals surface area contributed by atoms with Crippen molar-refractivity contribution >= 4 is 0 Å². The van der Waals surface area contributed by atoms with Crippen molar-refractivity contribution in [2.24, 2.45) is 0 Å². The van der Waals surface area contributed by atoms with Gasteiger partial charge >= 0.3 is 0 Å². The van der Waals surface area contributed by atoms with Crippen LogP contribution in [-0.2, 0) is 6.42 Å². The lowest BCUT2D eigenvalue weighted by Crippen LogP contribution is -2.10. The molecule has 0 aliphatic rings. The van der Waals surface area contributed by atoms with Gasteiger partial charge in [-0.15, -0.1) is 0 Å². The number of nitrogens with one attached hydrogen (secondary N) is 1. The van der Waals surface area contributed by atoms with Crippen LogP contribution in [0.1, 0.15) is 25.3 Å². The number of hydrogen-bond donors (Lipinski definition) is 1. The molecule has 0 atom stereocenters. The molecule has 84 valence electrons. The molecule has 15 heavy (non-hydrogen) atoms. The second kappa shape index (κ2) is 7.30. The molecule has 0 radical (unpaired) electrons. The van der Waals surface area contributed by atoms with Gasteiger partial charge < -0.3 is 10.1 Å². The summed E-state index contributed by atoms with van der Waals surface area (Å²) in [6.07, 6.45) is 3.36. The minimum Gasteiger partial charge on any atom is -0.494 e. The average molecular weight is 207 g/mol. The molecular formula is C13H21NO. The highest BCUT2D eigenvalue weighted by atomic mass is 16.5. The van der Waals surface area contributed by atoms with Crippen molar-refractivity contribution in [3.8, 4) is 5.75 Å². The minimum absolute atomic E-state index is 0.825. The van der Waals surface area contributed by atoms with Gasteiger partial charge in [0.1, 0.15) is 5.75 Å². The first kappa shape index (κ1) is 12.1. The van der Waals surface area contributed by atoms with E-state index < -0.39 is 0 Å². The fraction of sp³-hybridized carbons (Fsp3) is 0.538. The Hall–Kier alpha value is -1.02. The Balaban J connectivity index is 2.42. The summed E-state index contributed by atoms with van der Waals surface area (Å²) in [5.41, 5.74) is 1.33. The van der Waals surface area contributed by atoms with Gasteiger partial charge in [0.2, 0.25) is 0 Å². The minimum atomic E-state index is 0.825. The van der Waals surface area contributed by atoms with Crippen LogP contribution in [0.2, 0.25) is 0 Å². The summed E-state index contributed by atoms with van der Waals surface area (Å²) in [6.45, 7) is 4.01. The Morgan fingerprint density at radius 1 is 1.33 bits per heavy atom. The first-order chi connectivity index (χ1) is 7.36. The zero-order chi connectivity index (χ0) is 10.9. The van der Waals surface area contributed by atoms with Crippen LogP contribution in [0.25, 0.3) is 0 Å². The molecule has 1 aromatic rings. The molecule has 0 saturated carbocycles. The van der Waals surface area contributed by atoms with E-state index in [1.54, 1.807) is 0 Å². The molecular weight excluding hydrogens is 186 g/mol. The summed E-state index contributed by atoms with van der Waals surface area (Å²) in [5.74, 6) is 0.997. The zero-order valence-corrected chi connectivity index (χ0v) is 9.75. The Morgan fingerprint density at radius 3 is 2.93 bits per heavy atom. The van der Waals surface area contributed by atoms with Crippen LogP contribution in [-0.4, -0.2) is 20.2 Å². The fourth-order valence-electron chi connectivity index (χ4n) is 1.39. The lowest BCUT2D eigenvalue weighted by Gasteiger charge is -2.07. The monoisotopic (exact) mass is 207 g/mol. The summed E-state index contributed by atoms with van der Waals surface area (Å²) in [4.78, 5) is 0. The molecule has 0 heterocycles. The van der Waals surface area contributed by atoms with Crippen molar-refractivity contribution in [1.82, 2.24) is 5.32 Å². The van der Waals surface area contributed by atoms with Crippen LogP contribution in [0, 0.1) is 0 Å². The van der Waals surface area contributed by atoms with Crippen LogP contribution in [0.4, 0.5) is 0 Å². The van der Waals surface area contributed by atoms with Crippen LogP contribution < -0.4 is 10.1 Å². The average Bonchev–Trinajstić information content (AvgIpc) is 2.27. The van der Waals surface area contributed by atoms with Crippen molar-refractivity contribution in [3.05, 3.63) is 29.8 Å². The number of hydrogen-bond acceptors (Lipinski definition) is 2. The highest BCUT2D eigenvalue weighted by Crippen LogP contribution is 2.13. The molecule has 1 rings (SSSR count). The van der Waals surface area contributed by atoms with E-state index in [0.717, 1.165) is 31.7 Å². The van der Waals surface area contributed by atoms with Crippen molar-refractivity contribution in [3.63, 3.8) is 0 Å². The predicted molar refractivity (Wildman–Crippen MR) is 64.5 cm³/mol. The molecule has 0 bridgehead atoms. The maximum Gasteiger partial charge on any atom is 0.119 e. The molecule has 0 saturated heterocycles. The fourth-order valence-corrected chi connectivity index (χ4v) is 1.39. The first-order valence-electron chi connectivity index (χ1n) is 5.73. The van der Waals surface area contributed by atoms with E-state index in [-0.39, 0.29) is 0 Å². The molecule has 1 N–H and O–H groups in total. The van der Waals surface area contributed by atoms with Crippen LogP contribution in [0.5, 0.6) is 5.75 Å². The van der Waals surface area contributed by atoms with Crippen molar-refractivity contribution in [2.45, 2.75) is 26.2 Å². The summed E-state index contributed by atoms with van der Waals surface area (Å²) in [7, 11) is 1.97. The van der Waals surface area contributed by atoms with Crippen molar-refractivity contribution < 1.29 is 4.74 Å². The molecule has 2 nitrogen and oxygen atoms in total. The molecule has 0 amide bonds. The van der Waals surface area contributed by atoms with Crippen molar-refractivity contribution in [2.75, 3.05) is 20.2 Å². The summed E-state index contributed by atoms with van der Waals surface area (Å²) < 4.78 is 5.65. The van der Waals surface area contributed by atoms with Gasteiger partial charge in [-0.2, -0.15) is 0 Å². The lowest BCUT2D eigenvalue weighted by molar-refractivity contribution is 0.309. The molecule has 0 aromatic heterocycles. The number of unbranched alkanes of at least 4 members (excludes halogenated alkanes) is 1. The second-order valence-corrected chi connectivity index (χ2v) is 3.70. The first-order valence-corrected chi connectivity index (χ1v) is 5.73. The molecule has 1 aromatic carbocycles. The van der Waals surface area contributed by atoms with E-state index in [2.05, 4.69) is 30.4 Å². The Morgan fingerprint density at radius 2 is 2.20 bits per heavy atom. The third kappa shape index (κ3) is 4.84. The molecule has 2 heteroatoms. The van der Waals surface area contributed by atoms with Gasteiger partial charge in [-0.25, -0.2) is 0 Å². The second-order valence-electron chi connectivity index (χ2n) is 3.70. The van der Waals surface area contributed by atoms with Crippen LogP contribution >= 0.6 is 0 Å². The summed E-state index contributed by atoms with van der Waals surface area (Å²) >= 11 is 0. The highest BCUT2D eigenvalue weighted by Gasteiger charge is 1.96. The topological polar surface area (TPSA) is 21.3 Å². The molecule has 0 aliphatic carbocycles. The maximum absolute atomic E-state index is 5.65. The van der Waals surface area contributed by atoms with Gasteiger partial charge in [-0.1, -0.05) is 25.5 Å². The zero-order valence-electron chi connectivity index (χ0n) is 9.75. The number of rotatable bonds is 7. The Kier molecular flexibility index (Phi) is 5.86. The lowest BCUT2D eigenvalue weighted by atomic mass is 10.1. The number of likely N-dealkylation sites (N-methyl/N-ethyl adjacent to an activating group) is 1. The normalized spacial score (nSPS) is 10.3. The van der Waals surface area contributed by atoms with Gasteiger partial charge in [0.15, 0.2) is 0 Å². The molecule has 0 unspecified atom stereocenters. The van der Waals surface area contributed by atoms with Crippen LogP contribution in [0.3, 0.4) is 0 Å². The number of benzene rings is 1. The van der Waals surface area contributed by atoms with E-state index in [4.69, 9.17) is 4.74 Å². The van der Waals surface area contributed by atoms with Crippen molar-refractivity contribution in [1.29, 1.82) is 0 Å². The van der Waals surface area contributed by atoms with Crippen LogP contribution in [0.15, 0.2) is 24.3 Å². The smallest absolute Gasteiger partial charge is 0.119 e. The third-order valence-corrected chi connectivity index (χ3v) is 2.33. The Labute approximate surface area is 92.6 Å². The SMILES string of the molecule is CCCCOc1cccc(CCNC)c1. The van der Waals surface area contributed by atoms with Gasteiger partial charge in [0.25, 0.3) is 0 Å². The van der Waals surface area contributed by atoms with Gasteiger partial charge in [-0.05, 0) is 44.1 Å². The molecule has 0 spiro atoms. The van der Waals surface area contributed by atoms with Gasteiger partial charge in [0.05, 0.1) is 6.61 Å². The molecule has 0 fully saturated rings. The number of ether oxygens (including phenoxy) is 1. The maximum atomic E-state index is 5.65. The van der Waals surface area contributed by atoms with Gasteiger partial charge in [0, 0.05) is 0 Å². The predicted octanol–water partition coefficient (Wildman–Crippen LogP) is 2.63. The van der Waals surface area contributed by atoms with E-state index in [9.17, 15) is 0 Å². The summed E-state index contributed by atoms with van der Waals surface area (Å²) in [5, 5.41) is 3.15. The Bertz CT molecular complexity index is 273. The van der Waals surface area contributed by atoms with E-state index >= 15 is 0 Å². The highest BCUT2D eigenvalue weighted by molar-refractivity contribution is 5.28. The molecule has 0 aliphatic heterocycles. The van der Waals surface area contributed by atoms with E-state index in [1.165, 1.54) is 12.0 Å². The largest absolute Gasteiger partial charge is 0.494 e. The van der Waals surface area contributed by atoms with E-state index in [0.29, 0.717) is 0 Å². The third-order valence-electron chi connectivity index (χ3n) is 2.33. The van der Waals surface area contributed by atoms with E-state index in [1.807, 2.05) is 13.1 Å². The standard InChI is InChI=1S/C13H21NO/c1-3-4-10-15-13-7-5-6-12(11-13)8-9-14-2/h5-7,11,14H,3-4,8-10H2,1-2H3. The summed E-state index contributed by atoms with van der Waals surface area (Å²) in [6, 6.07) is 8.36. The van der Waals surface area contributed by atoms with Gasteiger partial charge in [-0.3, -0.25) is 0 Å².